The average Bonchev–Trinajstić information content (AvgIpc) is 3.08. The molecule has 0 aliphatic heterocycles. The summed E-state index contributed by atoms with van der Waals surface area (Å²) in [6.07, 6.45) is -4.12. The molecule has 2 aliphatic rings. The molecule has 0 radical (unpaired) electrons. The third-order valence-electron chi connectivity index (χ3n) is 10.5. The Bertz CT molecular complexity index is 1670. The minimum Gasteiger partial charge on any atom is -0.457 e. The third kappa shape index (κ3) is 8.41. The van der Waals surface area contributed by atoms with Crippen molar-refractivity contribution in [2.75, 3.05) is 0 Å². The fraction of sp³-hybridized carbons (Fsp3) is 0.537. The van der Waals surface area contributed by atoms with E-state index in [0.717, 1.165) is 0 Å². The van der Waals surface area contributed by atoms with E-state index in [-0.39, 0.29) is 31.2 Å². The molecule has 11 heteroatoms. The van der Waals surface area contributed by atoms with Crippen LogP contribution in [0.1, 0.15) is 110 Å². The van der Waals surface area contributed by atoms with E-state index in [4.69, 9.17) is 18.9 Å². The minimum absolute atomic E-state index is 0.0677. The van der Waals surface area contributed by atoms with Crippen molar-refractivity contribution in [1.82, 2.24) is 5.32 Å². The number of rotatable bonds is 10. The van der Waals surface area contributed by atoms with Crippen LogP contribution in [0.5, 0.6) is 0 Å². The van der Waals surface area contributed by atoms with E-state index >= 15 is 0 Å². The molecule has 0 saturated heterocycles. The normalized spacial score (nSPS) is 27.3. The Morgan fingerprint density at radius 2 is 1.56 bits per heavy atom. The summed E-state index contributed by atoms with van der Waals surface area (Å²) in [4.78, 5) is 67.5. The molecule has 0 heterocycles. The fourth-order valence-corrected chi connectivity index (χ4v) is 7.62. The zero-order valence-electron chi connectivity index (χ0n) is 31.7. The lowest BCUT2D eigenvalue weighted by molar-refractivity contribution is -0.195. The zero-order chi connectivity index (χ0) is 38.6. The van der Waals surface area contributed by atoms with E-state index in [0.29, 0.717) is 16.7 Å². The molecule has 11 nitrogen and oxygen atoms in total. The predicted octanol–water partition coefficient (Wildman–Crippen LogP) is 6.82. The Morgan fingerprint density at radius 1 is 0.962 bits per heavy atom. The molecule has 4 rings (SSSR count). The second-order valence-corrected chi connectivity index (χ2v) is 15.2. The molecule has 2 aromatic carbocycles. The van der Waals surface area contributed by atoms with E-state index in [1.807, 2.05) is 13.0 Å². The van der Waals surface area contributed by atoms with Gasteiger partial charge in [0.1, 0.15) is 23.4 Å². The first-order valence-electron chi connectivity index (χ1n) is 18.0. The number of hydrogen-bond donors (Lipinski definition) is 2. The van der Waals surface area contributed by atoms with Crippen LogP contribution in [0, 0.1) is 17.3 Å². The molecule has 1 fully saturated rings. The van der Waals surface area contributed by atoms with E-state index in [9.17, 15) is 29.1 Å². The van der Waals surface area contributed by atoms with Crippen LogP contribution in [-0.4, -0.2) is 64.4 Å². The van der Waals surface area contributed by atoms with Gasteiger partial charge in [0.05, 0.1) is 17.5 Å². The maximum absolute atomic E-state index is 14.3. The maximum atomic E-state index is 14.3. The quantitative estimate of drug-likeness (QED) is 0.152. The van der Waals surface area contributed by atoms with Gasteiger partial charge in [-0.2, -0.15) is 0 Å². The van der Waals surface area contributed by atoms with Gasteiger partial charge in [-0.15, -0.1) is 0 Å². The molecule has 2 N–H and O–H groups in total. The third-order valence-corrected chi connectivity index (χ3v) is 10.5. The molecule has 1 saturated carbocycles. The van der Waals surface area contributed by atoms with Crippen LogP contribution in [0.15, 0.2) is 71.8 Å². The van der Waals surface area contributed by atoms with Crippen LogP contribution < -0.4 is 5.32 Å². The number of fused-ring (bicyclic) bond motifs is 2. The van der Waals surface area contributed by atoms with Crippen molar-refractivity contribution in [3.8, 4) is 0 Å². The lowest BCUT2D eigenvalue weighted by Gasteiger charge is -2.57. The number of amides is 1. The molecular formula is C41H53NO10. The number of alkyl carbamates (subject to hydrolysis) is 1. The summed E-state index contributed by atoms with van der Waals surface area (Å²) in [6.45, 7) is 15.2. The van der Waals surface area contributed by atoms with Crippen LogP contribution in [0.4, 0.5) is 4.79 Å². The second-order valence-electron chi connectivity index (χ2n) is 15.2. The summed E-state index contributed by atoms with van der Waals surface area (Å²) in [5.74, 6) is -4.13. The molecule has 2 bridgehead atoms. The summed E-state index contributed by atoms with van der Waals surface area (Å²) in [5, 5.41) is 15.9. The smallest absolute Gasteiger partial charge is 0.408 e. The lowest BCUT2D eigenvalue weighted by atomic mass is 9.53. The van der Waals surface area contributed by atoms with Crippen LogP contribution in [0.2, 0.25) is 0 Å². The highest BCUT2D eigenvalue weighted by molar-refractivity contribution is 5.92. The van der Waals surface area contributed by atoms with Gasteiger partial charge in [0, 0.05) is 24.7 Å². The first kappa shape index (κ1) is 40.3. The predicted molar refractivity (Wildman–Crippen MR) is 193 cm³/mol. The standard InChI is InChI=1S/C41H53NO10/c1-10-29(33(27-18-14-12-15-19-27)42-38(47)52-39(6,7)8)37(46)50-30-23-41(48)31(51-36(45)28-20-16-13-17-21-28)22-24(3)34(44)35(49-26(5)43)32(25(30)4)40(41,9)11-2/h12-21,24,29-31,33,35,48H,10-11,22-23H2,1-9H3,(H,42,47)/t24?,29-,30+,31+,33?,35?,40+,41-/m1/s1. The van der Waals surface area contributed by atoms with Gasteiger partial charge in [0.2, 0.25) is 0 Å². The number of carbonyl (C=O) groups is 5. The summed E-state index contributed by atoms with van der Waals surface area (Å²) < 4.78 is 23.7. The molecule has 282 valence electrons. The number of carbonyl (C=O) groups excluding carboxylic acids is 5. The highest BCUT2D eigenvalue weighted by Gasteiger charge is 2.63. The highest BCUT2D eigenvalue weighted by atomic mass is 16.6. The molecule has 0 aromatic heterocycles. The second kappa shape index (κ2) is 16.0. The van der Waals surface area contributed by atoms with Crippen molar-refractivity contribution in [1.29, 1.82) is 0 Å². The highest BCUT2D eigenvalue weighted by Crippen LogP contribution is 2.56. The summed E-state index contributed by atoms with van der Waals surface area (Å²) >= 11 is 0. The number of ether oxygens (including phenoxy) is 4. The van der Waals surface area contributed by atoms with Crippen LogP contribution in [0.25, 0.3) is 0 Å². The first-order chi connectivity index (χ1) is 24.4. The lowest BCUT2D eigenvalue weighted by Crippen LogP contribution is -2.65. The summed E-state index contributed by atoms with van der Waals surface area (Å²) in [6, 6.07) is 16.5. The van der Waals surface area contributed by atoms with Crippen molar-refractivity contribution >= 4 is 29.8 Å². The number of Topliss-reactive ketones (excluding diaryl/α,β-unsaturated/α-hetero) is 1. The summed E-state index contributed by atoms with van der Waals surface area (Å²) in [7, 11) is 0. The average molecular weight is 720 g/mol. The zero-order valence-corrected chi connectivity index (χ0v) is 31.7. The van der Waals surface area contributed by atoms with Crippen LogP contribution >= 0.6 is 0 Å². The van der Waals surface area contributed by atoms with Crippen molar-refractivity contribution in [2.24, 2.45) is 17.3 Å². The Hall–Kier alpha value is -4.51. The van der Waals surface area contributed by atoms with Gasteiger partial charge >= 0.3 is 24.0 Å². The minimum atomic E-state index is -1.88. The van der Waals surface area contributed by atoms with Gasteiger partial charge in [-0.25, -0.2) is 9.59 Å². The largest absolute Gasteiger partial charge is 0.457 e. The molecule has 2 aromatic rings. The maximum Gasteiger partial charge on any atom is 0.408 e. The molecule has 2 aliphatic carbocycles. The Labute approximate surface area is 306 Å². The van der Waals surface area contributed by atoms with Gasteiger partial charge in [-0.3, -0.25) is 14.4 Å². The van der Waals surface area contributed by atoms with Crippen molar-refractivity contribution in [3.63, 3.8) is 0 Å². The van der Waals surface area contributed by atoms with Gasteiger partial charge < -0.3 is 29.4 Å². The molecule has 0 spiro atoms. The Kier molecular flexibility index (Phi) is 12.4. The Morgan fingerprint density at radius 3 is 2.10 bits per heavy atom. The summed E-state index contributed by atoms with van der Waals surface area (Å²) in [5.41, 5.74) is -2.24. The fourth-order valence-electron chi connectivity index (χ4n) is 7.62. The molecule has 1 amide bonds. The van der Waals surface area contributed by atoms with Gasteiger partial charge in [0.25, 0.3) is 0 Å². The van der Waals surface area contributed by atoms with Crippen LogP contribution in [0.3, 0.4) is 0 Å². The van der Waals surface area contributed by atoms with Gasteiger partial charge in [-0.05, 0) is 75.8 Å². The molecule has 8 atom stereocenters. The van der Waals surface area contributed by atoms with Crippen molar-refractivity contribution in [3.05, 3.63) is 82.9 Å². The molecular weight excluding hydrogens is 666 g/mol. The van der Waals surface area contributed by atoms with Crippen molar-refractivity contribution < 1.29 is 48.0 Å². The number of aliphatic hydroxyl groups is 1. The molecule has 52 heavy (non-hydrogen) atoms. The first-order valence-corrected chi connectivity index (χ1v) is 18.0. The topological polar surface area (TPSA) is 155 Å². The van der Waals surface area contributed by atoms with E-state index in [2.05, 4.69) is 5.32 Å². The van der Waals surface area contributed by atoms with Gasteiger partial charge in [0.15, 0.2) is 11.9 Å². The Balaban J connectivity index is 1.82. The van der Waals surface area contributed by atoms with Crippen molar-refractivity contribution in [2.45, 2.75) is 124 Å². The van der Waals surface area contributed by atoms with E-state index in [1.54, 1.807) is 103 Å². The number of ketones is 1. The number of hydrogen-bond acceptors (Lipinski definition) is 10. The molecule has 3 unspecified atom stereocenters. The SMILES string of the molecule is CC[C@@H](C(=O)O[C@H]1C[C@@]2(O)[C@@H](OC(=O)c3ccccc3)CC(C)C(=O)C(OC(C)=O)C(=C1C)[C@]2(C)CC)C(NC(=O)OC(C)(C)C)c1ccccc1. The number of benzene rings is 2. The van der Waals surface area contributed by atoms with E-state index in [1.165, 1.54) is 6.92 Å². The van der Waals surface area contributed by atoms with E-state index < -0.39 is 82.6 Å². The monoisotopic (exact) mass is 719 g/mol. The number of nitrogens with one attached hydrogen (secondary N) is 1. The number of esters is 3. The van der Waals surface area contributed by atoms with Gasteiger partial charge in [-0.1, -0.05) is 76.2 Å². The van der Waals surface area contributed by atoms with Crippen LogP contribution in [-0.2, 0) is 33.3 Å².